The standard InChI is InChI=1S/C17H16N4O2S2/c1-11(22)20-15-14(13-6-2-3-8-18-13)21-25-16(15)17(23)19-9-7-12-5-4-10-24-12/h2-6,8,10H,7,9H2,1H3,(H,19,23)(H,20,22). The van der Waals surface area contributed by atoms with Gasteiger partial charge in [0.05, 0.1) is 11.4 Å². The van der Waals surface area contributed by atoms with Crippen molar-refractivity contribution in [3.63, 3.8) is 0 Å². The molecule has 0 aliphatic carbocycles. The van der Waals surface area contributed by atoms with Crippen LogP contribution in [0.2, 0.25) is 0 Å². The maximum Gasteiger partial charge on any atom is 0.265 e. The summed E-state index contributed by atoms with van der Waals surface area (Å²) in [6.07, 6.45) is 2.41. The minimum Gasteiger partial charge on any atom is -0.351 e. The lowest BCUT2D eigenvalue weighted by atomic mass is 10.2. The lowest BCUT2D eigenvalue weighted by Gasteiger charge is -2.07. The van der Waals surface area contributed by atoms with Crippen molar-refractivity contribution in [3.05, 3.63) is 51.7 Å². The van der Waals surface area contributed by atoms with E-state index in [1.807, 2.05) is 23.6 Å². The first-order chi connectivity index (χ1) is 12.1. The molecular weight excluding hydrogens is 356 g/mol. The average Bonchev–Trinajstić information content (AvgIpc) is 3.25. The van der Waals surface area contributed by atoms with Crippen molar-refractivity contribution in [3.8, 4) is 11.4 Å². The van der Waals surface area contributed by atoms with Crippen LogP contribution in [-0.4, -0.2) is 27.7 Å². The molecule has 0 spiro atoms. The van der Waals surface area contributed by atoms with Gasteiger partial charge in [-0.3, -0.25) is 14.6 Å². The predicted molar refractivity (Wildman–Crippen MR) is 100 cm³/mol. The van der Waals surface area contributed by atoms with E-state index in [1.54, 1.807) is 29.7 Å². The second-order valence-electron chi connectivity index (χ2n) is 5.22. The molecule has 0 bridgehead atoms. The highest BCUT2D eigenvalue weighted by molar-refractivity contribution is 7.10. The summed E-state index contributed by atoms with van der Waals surface area (Å²) in [4.78, 5) is 29.9. The Morgan fingerprint density at radius 3 is 2.76 bits per heavy atom. The van der Waals surface area contributed by atoms with Gasteiger partial charge in [0.2, 0.25) is 5.91 Å². The highest BCUT2D eigenvalue weighted by Crippen LogP contribution is 2.32. The van der Waals surface area contributed by atoms with Gasteiger partial charge in [0.15, 0.2) is 0 Å². The molecule has 6 nitrogen and oxygen atoms in total. The van der Waals surface area contributed by atoms with Crippen molar-refractivity contribution in [2.75, 3.05) is 11.9 Å². The van der Waals surface area contributed by atoms with Crippen LogP contribution in [0.25, 0.3) is 11.4 Å². The van der Waals surface area contributed by atoms with Crippen molar-refractivity contribution in [1.82, 2.24) is 14.7 Å². The third-order valence-electron chi connectivity index (χ3n) is 3.34. The van der Waals surface area contributed by atoms with E-state index in [4.69, 9.17) is 0 Å². The number of hydrogen-bond donors (Lipinski definition) is 2. The summed E-state index contributed by atoms with van der Waals surface area (Å²) >= 11 is 2.71. The van der Waals surface area contributed by atoms with E-state index in [1.165, 1.54) is 11.8 Å². The quantitative estimate of drug-likeness (QED) is 0.696. The Kier molecular flexibility index (Phi) is 5.52. The van der Waals surface area contributed by atoms with Crippen LogP contribution < -0.4 is 10.6 Å². The number of thiophene rings is 1. The van der Waals surface area contributed by atoms with Gasteiger partial charge in [-0.05, 0) is 41.5 Å². The van der Waals surface area contributed by atoms with E-state index in [9.17, 15) is 9.59 Å². The van der Waals surface area contributed by atoms with Gasteiger partial charge < -0.3 is 10.6 Å². The maximum atomic E-state index is 12.5. The lowest BCUT2D eigenvalue weighted by molar-refractivity contribution is -0.114. The Balaban J connectivity index is 1.79. The molecule has 0 saturated carbocycles. The van der Waals surface area contributed by atoms with Gasteiger partial charge in [-0.25, -0.2) is 0 Å². The normalized spacial score (nSPS) is 10.4. The summed E-state index contributed by atoms with van der Waals surface area (Å²) in [7, 11) is 0. The summed E-state index contributed by atoms with van der Waals surface area (Å²) in [5.74, 6) is -0.509. The average molecular weight is 372 g/mol. The number of nitrogens with one attached hydrogen (secondary N) is 2. The molecule has 0 saturated heterocycles. The molecule has 0 aliphatic heterocycles. The van der Waals surface area contributed by atoms with Gasteiger partial charge in [0.25, 0.3) is 5.91 Å². The predicted octanol–water partition coefficient (Wildman–Crippen LogP) is 3.20. The number of anilines is 1. The SMILES string of the molecule is CC(=O)Nc1c(-c2ccccn2)nsc1C(=O)NCCc1cccs1. The van der Waals surface area contributed by atoms with Gasteiger partial charge in [-0.1, -0.05) is 12.1 Å². The third kappa shape index (κ3) is 4.28. The highest BCUT2D eigenvalue weighted by atomic mass is 32.1. The Bertz CT molecular complexity index is 860. The van der Waals surface area contributed by atoms with Crippen LogP contribution in [0.4, 0.5) is 5.69 Å². The number of carbonyl (C=O) groups is 2. The summed E-state index contributed by atoms with van der Waals surface area (Å²) in [6.45, 7) is 1.92. The molecular formula is C17H16N4O2S2. The zero-order valence-corrected chi connectivity index (χ0v) is 15.1. The minimum atomic E-state index is -0.259. The van der Waals surface area contributed by atoms with Gasteiger partial charge >= 0.3 is 0 Å². The van der Waals surface area contributed by atoms with Gasteiger partial charge in [-0.2, -0.15) is 4.37 Å². The van der Waals surface area contributed by atoms with Crippen LogP contribution in [0.3, 0.4) is 0 Å². The van der Waals surface area contributed by atoms with E-state index in [-0.39, 0.29) is 11.8 Å². The van der Waals surface area contributed by atoms with Crippen molar-refractivity contribution in [2.45, 2.75) is 13.3 Å². The Morgan fingerprint density at radius 1 is 1.20 bits per heavy atom. The summed E-state index contributed by atoms with van der Waals surface area (Å²) in [5.41, 5.74) is 1.52. The highest BCUT2D eigenvalue weighted by Gasteiger charge is 2.22. The molecule has 3 aromatic heterocycles. The first kappa shape index (κ1) is 17.2. The Hall–Kier alpha value is -2.58. The first-order valence-corrected chi connectivity index (χ1v) is 9.29. The number of amides is 2. The smallest absolute Gasteiger partial charge is 0.265 e. The van der Waals surface area contributed by atoms with Crippen LogP contribution in [-0.2, 0) is 11.2 Å². The van der Waals surface area contributed by atoms with Crippen LogP contribution >= 0.6 is 22.9 Å². The topological polar surface area (TPSA) is 84.0 Å². The minimum absolute atomic E-state index is 0.250. The van der Waals surface area contributed by atoms with Crippen LogP contribution in [0.5, 0.6) is 0 Å². The van der Waals surface area contributed by atoms with Crippen LogP contribution in [0, 0.1) is 0 Å². The number of hydrogen-bond acceptors (Lipinski definition) is 6. The summed E-state index contributed by atoms with van der Waals surface area (Å²) < 4.78 is 4.32. The number of pyridine rings is 1. The molecule has 3 aromatic rings. The molecule has 2 N–H and O–H groups in total. The summed E-state index contributed by atoms with van der Waals surface area (Å²) in [6, 6.07) is 9.44. The van der Waals surface area contributed by atoms with E-state index in [0.717, 1.165) is 18.0 Å². The zero-order valence-electron chi connectivity index (χ0n) is 13.5. The van der Waals surface area contributed by atoms with Gasteiger partial charge in [-0.15, -0.1) is 11.3 Å². The molecule has 0 fully saturated rings. The second kappa shape index (κ2) is 8.00. The van der Waals surface area contributed by atoms with Crippen LogP contribution in [0.15, 0.2) is 41.9 Å². The van der Waals surface area contributed by atoms with Gasteiger partial charge in [0.1, 0.15) is 10.6 Å². The molecule has 2 amide bonds. The van der Waals surface area contributed by atoms with Gasteiger partial charge in [0, 0.05) is 24.5 Å². The monoisotopic (exact) mass is 372 g/mol. The maximum absolute atomic E-state index is 12.5. The number of nitrogens with zero attached hydrogens (tertiary/aromatic N) is 2. The number of aromatic nitrogens is 2. The van der Waals surface area contributed by atoms with E-state index in [2.05, 4.69) is 20.0 Å². The molecule has 0 aromatic carbocycles. The van der Waals surface area contributed by atoms with E-state index in [0.29, 0.717) is 28.5 Å². The van der Waals surface area contributed by atoms with Crippen molar-refractivity contribution in [2.24, 2.45) is 0 Å². The molecule has 0 radical (unpaired) electrons. The fourth-order valence-electron chi connectivity index (χ4n) is 2.25. The molecule has 25 heavy (non-hydrogen) atoms. The van der Waals surface area contributed by atoms with E-state index < -0.39 is 0 Å². The molecule has 0 unspecified atom stereocenters. The van der Waals surface area contributed by atoms with Crippen LogP contribution in [0.1, 0.15) is 21.5 Å². The fourth-order valence-corrected chi connectivity index (χ4v) is 3.72. The Morgan fingerprint density at radius 2 is 2.08 bits per heavy atom. The zero-order chi connectivity index (χ0) is 17.6. The molecule has 3 heterocycles. The largest absolute Gasteiger partial charge is 0.351 e. The summed E-state index contributed by atoms with van der Waals surface area (Å²) in [5, 5.41) is 7.61. The Labute approximate surface area is 153 Å². The number of rotatable bonds is 6. The third-order valence-corrected chi connectivity index (χ3v) is 5.13. The second-order valence-corrected chi connectivity index (χ2v) is 7.02. The van der Waals surface area contributed by atoms with Crippen molar-refractivity contribution in [1.29, 1.82) is 0 Å². The molecule has 8 heteroatoms. The number of carbonyl (C=O) groups excluding carboxylic acids is 2. The molecule has 0 atom stereocenters. The molecule has 0 aliphatic rings. The molecule has 3 rings (SSSR count). The van der Waals surface area contributed by atoms with Crippen molar-refractivity contribution >= 4 is 40.4 Å². The van der Waals surface area contributed by atoms with E-state index >= 15 is 0 Å². The lowest BCUT2D eigenvalue weighted by Crippen LogP contribution is -2.25. The fraction of sp³-hybridized carbons (Fsp3) is 0.176. The van der Waals surface area contributed by atoms with Crippen molar-refractivity contribution < 1.29 is 9.59 Å². The first-order valence-electron chi connectivity index (χ1n) is 7.64. The molecule has 128 valence electrons.